The zero-order valence-electron chi connectivity index (χ0n) is 14.4. The van der Waals surface area contributed by atoms with E-state index >= 15 is 0 Å². The Bertz CT molecular complexity index is 1020. The van der Waals surface area contributed by atoms with E-state index in [4.69, 9.17) is 0 Å². The summed E-state index contributed by atoms with van der Waals surface area (Å²) in [6.07, 6.45) is 0.295. The minimum atomic E-state index is -0.859. The van der Waals surface area contributed by atoms with Crippen molar-refractivity contribution in [3.63, 3.8) is 0 Å². The van der Waals surface area contributed by atoms with Gasteiger partial charge in [-0.15, -0.1) is 0 Å². The van der Waals surface area contributed by atoms with E-state index in [1.807, 2.05) is 49.4 Å². The maximum Gasteiger partial charge on any atom is 0.360 e. The van der Waals surface area contributed by atoms with Gasteiger partial charge >= 0.3 is 5.97 Å². The second-order valence-corrected chi connectivity index (χ2v) is 5.90. The van der Waals surface area contributed by atoms with Gasteiger partial charge in [0.1, 0.15) is 5.82 Å². The zero-order valence-corrected chi connectivity index (χ0v) is 14.4. The number of aromatic amines is 1. The molecule has 1 heterocycles. The number of ether oxygens (including phenoxy) is 1. The first kappa shape index (κ1) is 17.4. The molecule has 6 heteroatoms. The summed E-state index contributed by atoms with van der Waals surface area (Å²) in [4.78, 5) is 30.2. The summed E-state index contributed by atoms with van der Waals surface area (Å²) >= 11 is 0. The molecule has 26 heavy (non-hydrogen) atoms. The lowest BCUT2D eigenvalue weighted by molar-refractivity contribution is 0.0589. The van der Waals surface area contributed by atoms with Crippen LogP contribution in [-0.2, 0) is 11.2 Å². The Morgan fingerprint density at radius 1 is 1.19 bits per heavy atom. The molecule has 0 atom stereocenters. The fourth-order valence-corrected chi connectivity index (χ4v) is 2.79. The van der Waals surface area contributed by atoms with Gasteiger partial charge in [0.25, 0.3) is 5.56 Å². The van der Waals surface area contributed by atoms with Crippen LogP contribution in [0.4, 0.5) is 0 Å². The minimum Gasteiger partial charge on any atom is -0.501 e. The van der Waals surface area contributed by atoms with Crippen LogP contribution in [0.5, 0.6) is 5.75 Å². The Morgan fingerprint density at radius 3 is 2.69 bits per heavy atom. The highest BCUT2D eigenvalue weighted by Crippen LogP contribution is 2.26. The molecule has 3 aromatic rings. The molecule has 0 aliphatic rings. The predicted octanol–water partition coefficient (Wildman–Crippen LogP) is 2.83. The summed E-state index contributed by atoms with van der Waals surface area (Å²) in [6.45, 7) is 2.02. The lowest BCUT2D eigenvalue weighted by Gasteiger charge is -2.11. The number of H-pyrrole nitrogens is 1. The molecule has 3 rings (SSSR count). The first-order valence-electron chi connectivity index (χ1n) is 8.05. The van der Waals surface area contributed by atoms with Crippen molar-refractivity contribution < 1.29 is 14.6 Å². The third kappa shape index (κ3) is 3.49. The Morgan fingerprint density at radius 2 is 1.96 bits per heavy atom. The summed E-state index contributed by atoms with van der Waals surface area (Å²) in [5.41, 5.74) is 2.97. The normalized spacial score (nSPS) is 10.5. The topological polar surface area (TPSA) is 92.3 Å². The van der Waals surface area contributed by atoms with Gasteiger partial charge in [-0.2, -0.15) is 0 Å². The number of nitrogens with one attached hydrogen (secondary N) is 1. The van der Waals surface area contributed by atoms with Crippen LogP contribution >= 0.6 is 0 Å². The number of nitrogens with zero attached hydrogens (tertiary/aromatic N) is 1. The maximum atomic E-state index is 11.9. The van der Waals surface area contributed by atoms with E-state index in [-0.39, 0.29) is 11.5 Å². The highest BCUT2D eigenvalue weighted by atomic mass is 16.5. The zero-order chi connectivity index (χ0) is 18.7. The van der Waals surface area contributed by atoms with Crippen LogP contribution in [0.15, 0.2) is 53.3 Å². The molecule has 0 saturated heterocycles. The molecule has 0 bridgehead atoms. The van der Waals surface area contributed by atoms with Crippen molar-refractivity contribution in [2.75, 3.05) is 7.11 Å². The smallest absolute Gasteiger partial charge is 0.360 e. The van der Waals surface area contributed by atoms with Crippen molar-refractivity contribution in [1.82, 2.24) is 9.97 Å². The van der Waals surface area contributed by atoms with Crippen molar-refractivity contribution in [1.29, 1.82) is 0 Å². The Labute approximate surface area is 150 Å². The van der Waals surface area contributed by atoms with Crippen molar-refractivity contribution >= 4 is 5.97 Å². The number of aromatic hydroxyl groups is 1. The van der Waals surface area contributed by atoms with E-state index in [2.05, 4.69) is 20.8 Å². The molecule has 2 N–H and O–H groups in total. The van der Waals surface area contributed by atoms with Gasteiger partial charge in [0.05, 0.1) is 7.11 Å². The maximum absolute atomic E-state index is 11.9. The summed E-state index contributed by atoms with van der Waals surface area (Å²) in [5.74, 6) is -1.33. The fourth-order valence-electron chi connectivity index (χ4n) is 2.79. The molecule has 0 aliphatic carbocycles. The number of carbonyl (C=O) groups excluding carboxylic acids is 1. The summed E-state index contributed by atoms with van der Waals surface area (Å²) in [6, 6.07) is 15.9. The van der Waals surface area contributed by atoms with Gasteiger partial charge in [0.2, 0.25) is 5.75 Å². The average Bonchev–Trinajstić information content (AvgIpc) is 2.64. The summed E-state index contributed by atoms with van der Waals surface area (Å²) < 4.78 is 4.57. The largest absolute Gasteiger partial charge is 0.501 e. The highest BCUT2D eigenvalue weighted by molar-refractivity contribution is 5.89. The van der Waals surface area contributed by atoms with Crippen LogP contribution in [-0.4, -0.2) is 28.2 Å². The molecule has 1 aromatic heterocycles. The van der Waals surface area contributed by atoms with Crippen molar-refractivity contribution in [3.05, 3.63) is 81.5 Å². The third-order valence-corrected chi connectivity index (χ3v) is 4.03. The molecule has 0 aliphatic heterocycles. The molecule has 0 saturated carbocycles. The molecular weight excluding hydrogens is 332 g/mol. The van der Waals surface area contributed by atoms with Crippen molar-refractivity contribution in [2.24, 2.45) is 0 Å². The van der Waals surface area contributed by atoms with Crippen LogP contribution in [0.3, 0.4) is 0 Å². The molecule has 132 valence electrons. The standard InChI is InChI=1S/C20H18N2O4/c1-12-6-5-8-13(10-12)15-9-4-3-7-14(15)11-16-21-17(20(25)26-2)18(23)19(24)22-16/h3-10,23H,11H2,1-2H3,(H,21,22,24). The molecule has 0 radical (unpaired) electrons. The van der Waals surface area contributed by atoms with Gasteiger partial charge in [0, 0.05) is 6.42 Å². The van der Waals surface area contributed by atoms with E-state index < -0.39 is 17.3 Å². The van der Waals surface area contributed by atoms with Gasteiger partial charge in [-0.3, -0.25) is 4.79 Å². The Kier molecular flexibility index (Phi) is 4.84. The second kappa shape index (κ2) is 7.23. The molecule has 0 unspecified atom stereocenters. The van der Waals surface area contributed by atoms with E-state index in [0.717, 1.165) is 29.4 Å². The van der Waals surface area contributed by atoms with E-state index in [9.17, 15) is 14.7 Å². The Hall–Kier alpha value is -3.41. The van der Waals surface area contributed by atoms with Gasteiger partial charge in [-0.25, -0.2) is 9.78 Å². The third-order valence-electron chi connectivity index (χ3n) is 4.03. The van der Waals surface area contributed by atoms with Crippen molar-refractivity contribution in [3.8, 4) is 16.9 Å². The van der Waals surface area contributed by atoms with Crippen LogP contribution < -0.4 is 5.56 Å². The molecule has 0 fully saturated rings. The lowest BCUT2D eigenvalue weighted by Crippen LogP contribution is -2.18. The van der Waals surface area contributed by atoms with Crippen LogP contribution in [0.1, 0.15) is 27.4 Å². The second-order valence-electron chi connectivity index (χ2n) is 5.90. The number of rotatable bonds is 4. The number of hydrogen-bond donors (Lipinski definition) is 2. The van der Waals surface area contributed by atoms with E-state index in [1.54, 1.807) is 0 Å². The number of carbonyl (C=O) groups is 1. The highest BCUT2D eigenvalue weighted by Gasteiger charge is 2.19. The number of methoxy groups -OCH3 is 1. The van der Waals surface area contributed by atoms with Crippen molar-refractivity contribution in [2.45, 2.75) is 13.3 Å². The number of benzene rings is 2. The SMILES string of the molecule is COC(=O)c1nc(Cc2ccccc2-c2cccc(C)c2)[nH]c(=O)c1O. The molecule has 2 aromatic carbocycles. The first-order valence-corrected chi connectivity index (χ1v) is 8.05. The molecular formula is C20H18N2O4. The van der Waals surface area contributed by atoms with Gasteiger partial charge in [-0.05, 0) is 23.6 Å². The van der Waals surface area contributed by atoms with Gasteiger partial charge in [0.15, 0.2) is 5.69 Å². The van der Waals surface area contributed by atoms with Crippen LogP contribution in [0, 0.1) is 6.92 Å². The monoisotopic (exact) mass is 350 g/mol. The quantitative estimate of drug-likeness (QED) is 0.706. The van der Waals surface area contributed by atoms with E-state index in [1.165, 1.54) is 0 Å². The average molecular weight is 350 g/mol. The molecule has 6 nitrogen and oxygen atoms in total. The fraction of sp³-hybridized carbons (Fsp3) is 0.150. The molecule has 0 amide bonds. The number of esters is 1. The first-order chi connectivity index (χ1) is 12.5. The number of hydrogen-bond acceptors (Lipinski definition) is 5. The molecule has 0 spiro atoms. The summed E-state index contributed by atoms with van der Waals surface area (Å²) in [5, 5.41) is 9.75. The van der Waals surface area contributed by atoms with Crippen LogP contribution in [0.2, 0.25) is 0 Å². The van der Waals surface area contributed by atoms with Gasteiger partial charge < -0.3 is 14.8 Å². The summed E-state index contributed by atoms with van der Waals surface area (Å²) in [7, 11) is 1.16. The number of aromatic nitrogens is 2. The lowest BCUT2D eigenvalue weighted by atomic mass is 9.96. The predicted molar refractivity (Wildman–Crippen MR) is 97.3 cm³/mol. The van der Waals surface area contributed by atoms with Gasteiger partial charge in [-0.1, -0.05) is 54.1 Å². The minimum absolute atomic E-state index is 0.272. The Balaban J connectivity index is 2.04. The van der Waals surface area contributed by atoms with E-state index in [0.29, 0.717) is 6.42 Å². The van der Waals surface area contributed by atoms with Crippen LogP contribution in [0.25, 0.3) is 11.1 Å². The number of aryl methyl sites for hydroxylation is 1.